The highest BCUT2D eigenvalue weighted by Crippen LogP contribution is 2.38. The van der Waals surface area contributed by atoms with Crippen molar-refractivity contribution in [3.63, 3.8) is 0 Å². The van der Waals surface area contributed by atoms with E-state index in [9.17, 15) is 0 Å². The maximum Gasteiger partial charge on any atom is 0.169 e. The first kappa shape index (κ1) is 20.0. The molecule has 1 aromatic carbocycles. The van der Waals surface area contributed by atoms with E-state index in [1.807, 2.05) is 11.8 Å². The van der Waals surface area contributed by atoms with Gasteiger partial charge in [-0.25, -0.2) is 9.97 Å². The minimum Gasteiger partial charge on any atom is -0.295 e. The van der Waals surface area contributed by atoms with Crippen LogP contribution in [0, 0.1) is 6.92 Å². The largest absolute Gasteiger partial charge is 0.295 e. The molecule has 2 aromatic heterocycles. The Morgan fingerprint density at radius 1 is 1.07 bits per heavy atom. The molecule has 0 N–H and O–H groups in total. The van der Waals surface area contributed by atoms with Gasteiger partial charge in [-0.1, -0.05) is 35.5 Å². The standard InChI is InChI=1S/C25H27N3S2/c1-18-8-10-21(11-9-18)30-23-6-3-2-5-19(23)16-28-13-12-22-20(17-28)15-26-25(27-22)24-7-4-14-29-24/h4,7-11,14-15H,2-3,5-6,12-13,16-17H2,1H3. The Hall–Kier alpha value is -1.95. The Kier molecular flexibility index (Phi) is 6.02. The van der Waals surface area contributed by atoms with Crippen molar-refractivity contribution >= 4 is 23.1 Å². The predicted octanol–water partition coefficient (Wildman–Crippen LogP) is 6.49. The summed E-state index contributed by atoms with van der Waals surface area (Å²) in [6, 6.07) is 13.1. The highest BCUT2D eigenvalue weighted by Gasteiger charge is 2.22. The molecule has 0 unspecified atom stereocenters. The smallest absolute Gasteiger partial charge is 0.169 e. The first-order valence-electron chi connectivity index (χ1n) is 10.8. The van der Waals surface area contributed by atoms with Crippen molar-refractivity contribution in [2.45, 2.75) is 50.5 Å². The number of hydrogen-bond donors (Lipinski definition) is 0. The number of hydrogen-bond acceptors (Lipinski definition) is 5. The van der Waals surface area contributed by atoms with Crippen molar-refractivity contribution in [2.24, 2.45) is 0 Å². The van der Waals surface area contributed by atoms with E-state index < -0.39 is 0 Å². The van der Waals surface area contributed by atoms with E-state index in [1.54, 1.807) is 21.8 Å². The van der Waals surface area contributed by atoms with E-state index in [1.165, 1.54) is 47.4 Å². The van der Waals surface area contributed by atoms with E-state index in [0.29, 0.717) is 0 Å². The summed E-state index contributed by atoms with van der Waals surface area (Å²) in [5.41, 5.74) is 5.50. The Labute approximate surface area is 187 Å². The van der Waals surface area contributed by atoms with Gasteiger partial charge in [0.15, 0.2) is 5.82 Å². The normalized spacial score (nSPS) is 17.2. The van der Waals surface area contributed by atoms with E-state index in [-0.39, 0.29) is 0 Å². The van der Waals surface area contributed by atoms with Crippen LogP contribution in [0.3, 0.4) is 0 Å². The van der Waals surface area contributed by atoms with Crippen molar-refractivity contribution < 1.29 is 0 Å². The van der Waals surface area contributed by atoms with Crippen molar-refractivity contribution in [3.8, 4) is 10.7 Å². The fraction of sp³-hybridized carbons (Fsp3) is 0.360. The van der Waals surface area contributed by atoms with Gasteiger partial charge in [0.2, 0.25) is 0 Å². The quantitative estimate of drug-likeness (QED) is 0.460. The molecule has 30 heavy (non-hydrogen) atoms. The molecule has 0 saturated carbocycles. The molecule has 1 aliphatic carbocycles. The second-order valence-electron chi connectivity index (χ2n) is 8.25. The average Bonchev–Trinajstić information content (AvgIpc) is 3.31. The SMILES string of the molecule is Cc1ccc(SC2=C(CN3CCc4nc(-c5cccs5)ncc4C3)CCCC2)cc1. The molecule has 5 rings (SSSR count). The summed E-state index contributed by atoms with van der Waals surface area (Å²) in [5, 5.41) is 2.09. The molecule has 154 valence electrons. The Morgan fingerprint density at radius 3 is 2.77 bits per heavy atom. The summed E-state index contributed by atoms with van der Waals surface area (Å²) in [4.78, 5) is 16.2. The van der Waals surface area contributed by atoms with Crippen molar-refractivity contribution in [3.05, 3.63) is 75.3 Å². The van der Waals surface area contributed by atoms with Gasteiger partial charge in [-0.15, -0.1) is 11.3 Å². The molecule has 1 aliphatic heterocycles. The van der Waals surface area contributed by atoms with Gasteiger partial charge < -0.3 is 0 Å². The van der Waals surface area contributed by atoms with Crippen LogP contribution in [-0.2, 0) is 13.0 Å². The molecule has 3 nitrogen and oxygen atoms in total. The molecular formula is C25H27N3S2. The van der Waals surface area contributed by atoms with Crippen LogP contribution in [0.2, 0.25) is 0 Å². The average molecular weight is 434 g/mol. The van der Waals surface area contributed by atoms with E-state index in [2.05, 4.69) is 64.8 Å². The van der Waals surface area contributed by atoms with Crippen molar-refractivity contribution in [1.82, 2.24) is 14.9 Å². The van der Waals surface area contributed by atoms with Gasteiger partial charge in [-0.05, 0) is 66.7 Å². The van der Waals surface area contributed by atoms with Crippen LogP contribution in [0.4, 0.5) is 0 Å². The summed E-state index contributed by atoms with van der Waals surface area (Å²) < 4.78 is 0. The molecule has 3 heterocycles. The number of allylic oxidation sites excluding steroid dienone is 1. The molecule has 0 fully saturated rings. The maximum absolute atomic E-state index is 4.87. The first-order chi connectivity index (χ1) is 14.7. The zero-order chi connectivity index (χ0) is 20.3. The summed E-state index contributed by atoms with van der Waals surface area (Å²) in [6.07, 6.45) is 8.19. The Balaban J connectivity index is 1.30. The van der Waals surface area contributed by atoms with E-state index in [4.69, 9.17) is 4.98 Å². The maximum atomic E-state index is 4.87. The first-order valence-corrected chi connectivity index (χ1v) is 12.5. The van der Waals surface area contributed by atoms with Gasteiger partial charge in [0.05, 0.1) is 10.6 Å². The van der Waals surface area contributed by atoms with Crippen LogP contribution >= 0.6 is 23.1 Å². The second kappa shape index (κ2) is 9.04. The van der Waals surface area contributed by atoms with Crippen LogP contribution in [0.5, 0.6) is 0 Å². The number of nitrogens with zero attached hydrogens (tertiary/aromatic N) is 3. The third-order valence-electron chi connectivity index (χ3n) is 5.96. The minimum atomic E-state index is 0.879. The molecule has 0 saturated heterocycles. The number of thioether (sulfide) groups is 1. The monoisotopic (exact) mass is 433 g/mol. The van der Waals surface area contributed by atoms with Gasteiger partial charge in [0, 0.05) is 42.7 Å². The summed E-state index contributed by atoms with van der Waals surface area (Å²) in [7, 11) is 0. The molecular weight excluding hydrogens is 406 g/mol. The molecule has 0 atom stereocenters. The number of aromatic nitrogens is 2. The summed E-state index contributed by atoms with van der Waals surface area (Å²) in [6.45, 7) is 5.28. The van der Waals surface area contributed by atoms with Gasteiger partial charge in [-0.2, -0.15) is 0 Å². The van der Waals surface area contributed by atoms with E-state index in [0.717, 1.165) is 36.8 Å². The zero-order valence-corrected chi connectivity index (χ0v) is 19.1. The van der Waals surface area contributed by atoms with Crippen molar-refractivity contribution in [2.75, 3.05) is 13.1 Å². The molecule has 0 bridgehead atoms. The van der Waals surface area contributed by atoms with Crippen LogP contribution in [-0.4, -0.2) is 28.0 Å². The number of benzene rings is 1. The number of fused-ring (bicyclic) bond motifs is 1. The highest BCUT2D eigenvalue weighted by atomic mass is 32.2. The number of thiophene rings is 1. The highest BCUT2D eigenvalue weighted by molar-refractivity contribution is 8.03. The van der Waals surface area contributed by atoms with Gasteiger partial charge >= 0.3 is 0 Å². The molecule has 2 aliphatic rings. The fourth-order valence-corrected chi connectivity index (χ4v) is 6.06. The van der Waals surface area contributed by atoms with Gasteiger partial charge in [-0.3, -0.25) is 4.90 Å². The minimum absolute atomic E-state index is 0.879. The third-order valence-corrected chi connectivity index (χ3v) is 8.07. The lowest BCUT2D eigenvalue weighted by Gasteiger charge is -2.31. The Bertz CT molecular complexity index is 1040. The predicted molar refractivity (Wildman–Crippen MR) is 127 cm³/mol. The molecule has 0 amide bonds. The van der Waals surface area contributed by atoms with Crippen LogP contribution in [0.15, 0.2) is 63.3 Å². The Morgan fingerprint density at radius 2 is 1.93 bits per heavy atom. The number of rotatable bonds is 5. The lowest BCUT2D eigenvalue weighted by molar-refractivity contribution is 0.268. The summed E-state index contributed by atoms with van der Waals surface area (Å²) in [5.74, 6) is 0.879. The van der Waals surface area contributed by atoms with Crippen LogP contribution in [0.25, 0.3) is 10.7 Å². The fourth-order valence-electron chi connectivity index (χ4n) is 4.28. The van der Waals surface area contributed by atoms with Crippen molar-refractivity contribution in [1.29, 1.82) is 0 Å². The summed E-state index contributed by atoms with van der Waals surface area (Å²) >= 11 is 3.69. The van der Waals surface area contributed by atoms with Gasteiger partial charge in [0.1, 0.15) is 0 Å². The van der Waals surface area contributed by atoms with Gasteiger partial charge in [0.25, 0.3) is 0 Å². The lowest BCUT2D eigenvalue weighted by atomic mass is 9.97. The molecule has 5 heteroatoms. The third kappa shape index (κ3) is 4.53. The lowest BCUT2D eigenvalue weighted by Crippen LogP contribution is -2.33. The molecule has 0 spiro atoms. The topological polar surface area (TPSA) is 29.0 Å². The molecule has 0 radical (unpaired) electrons. The van der Waals surface area contributed by atoms with Crippen LogP contribution < -0.4 is 0 Å². The number of aryl methyl sites for hydroxylation is 1. The van der Waals surface area contributed by atoms with Crippen LogP contribution in [0.1, 0.15) is 42.5 Å². The second-order valence-corrected chi connectivity index (χ2v) is 10.4. The van der Waals surface area contributed by atoms with E-state index >= 15 is 0 Å². The zero-order valence-electron chi connectivity index (χ0n) is 17.4. The molecule has 3 aromatic rings.